The van der Waals surface area contributed by atoms with E-state index in [4.69, 9.17) is 9.47 Å². The quantitative estimate of drug-likeness (QED) is 0.911. The van der Waals surface area contributed by atoms with Crippen molar-refractivity contribution in [2.75, 3.05) is 26.9 Å². The van der Waals surface area contributed by atoms with Gasteiger partial charge in [0.1, 0.15) is 5.75 Å². The zero-order valence-electron chi connectivity index (χ0n) is 11.1. The van der Waals surface area contributed by atoms with E-state index in [-0.39, 0.29) is 0 Å². The lowest BCUT2D eigenvalue weighted by Gasteiger charge is -2.23. The summed E-state index contributed by atoms with van der Waals surface area (Å²) in [5, 5.41) is 5.82. The van der Waals surface area contributed by atoms with Gasteiger partial charge >= 0.3 is 0 Å². The van der Waals surface area contributed by atoms with E-state index in [1.807, 2.05) is 18.3 Å². The van der Waals surface area contributed by atoms with Crippen LogP contribution in [0.2, 0.25) is 0 Å². The van der Waals surface area contributed by atoms with Crippen LogP contribution in [0.25, 0.3) is 10.8 Å². The lowest BCUT2D eigenvalue weighted by Crippen LogP contribution is -2.42. The Bertz CT molecular complexity index is 565. The largest absolute Gasteiger partial charge is 0.497 e. The molecule has 1 aromatic carbocycles. The summed E-state index contributed by atoms with van der Waals surface area (Å²) in [6, 6.07) is 8.49. The molecule has 2 aromatic rings. The Morgan fingerprint density at radius 3 is 3.16 bits per heavy atom. The van der Waals surface area contributed by atoms with Crippen molar-refractivity contribution in [3.63, 3.8) is 0 Å². The Morgan fingerprint density at radius 2 is 2.37 bits per heavy atom. The van der Waals surface area contributed by atoms with Crippen molar-refractivity contribution in [2.24, 2.45) is 0 Å². The van der Waals surface area contributed by atoms with E-state index in [2.05, 4.69) is 22.4 Å². The Hall–Kier alpha value is -1.65. The number of ether oxygens (including phenoxy) is 2. The van der Waals surface area contributed by atoms with Crippen LogP contribution in [0.5, 0.6) is 5.75 Å². The van der Waals surface area contributed by atoms with Gasteiger partial charge in [-0.3, -0.25) is 4.98 Å². The highest BCUT2D eigenvalue weighted by atomic mass is 16.5. The summed E-state index contributed by atoms with van der Waals surface area (Å²) in [4.78, 5) is 4.53. The second kappa shape index (κ2) is 5.55. The highest BCUT2D eigenvalue weighted by Gasteiger charge is 2.15. The van der Waals surface area contributed by atoms with E-state index in [1.54, 1.807) is 7.11 Å². The molecule has 1 aromatic heterocycles. The number of methoxy groups -OCH3 is 1. The fraction of sp³-hybridized carbons (Fsp3) is 0.400. The Morgan fingerprint density at radius 1 is 1.42 bits per heavy atom. The van der Waals surface area contributed by atoms with Crippen LogP contribution >= 0.6 is 0 Å². The molecule has 1 N–H and O–H groups in total. The molecular formula is C15H18N2O2. The van der Waals surface area contributed by atoms with Gasteiger partial charge in [0.15, 0.2) is 0 Å². The summed E-state index contributed by atoms with van der Waals surface area (Å²) >= 11 is 0. The molecule has 1 fully saturated rings. The standard InChI is InChI=1S/C15H18N2O2/c1-18-13-3-2-11-4-5-17-15(14(11)9-13)8-12-10-19-7-6-16-12/h2-5,9,12,16H,6-8,10H2,1H3. The lowest BCUT2D eigenvalue weighted by atomic mass is 10.0. The number of nitrogens with one attached hydrogen (secondary N) is 1. The normalized spacial score (nSPS) is 19.5. The van der Waals surface area contributed by atoms with Gasteiger partial charge in [0.25, 0.3) is 0 Å². The molecule has 100 valence electrons. The molecule has 1 saturated heterocycles. The molecule has 0 amide bonds. The van der Waals surface area contributed by atoms with Crippen LogP contribution < -0.4 is 10.1 Å². The molecule has 0 radical (unpaired) electrons. The maximum absolute atomic E-state index is 5.50. The smallest absolute Gasteiger partial charge is 0.119 e. The molecule has 1 atom stereocenters. The summed E-state index contributed by atoms with van der Waals surface area (Å²) in [6.45, 7) is 2.47. The average molecular weight is 258 g/mol. The molecule has 1 unspecified atom stereocenters. The monoisotopic (exact) mass is 258 g/mol. The second-order valence-electron chi connectivity index (χ2n) is 4.77. The maximum atomic E-state index is 5.50. The van der Waals surface area contributed by atoms with Gasteiger partial charge in [-0.1, -0.05) is 6.07 Å². The summed E-state index contributed by atoms with van der Waals surface area (Å²) < 4.78 is 10.8. The van der Waals surface area contributed by atoms with Crippen molar-refractivity contribution in [1.29, 1.82) is 0 Å². The summed E-state index contributed by atoms with van der Waals surface area (Å²) in [6.07, 6.45) is 2.75. The first-order chi connectivity index (χ1) is 9.36. The van der Waals surface area contributed by atoms with Crippen LogP contribution in [0.1, 0.15) is 5.69 Å². The van der Waals surface area contributed by atoms with Crippen molar-refractivity contribution in [3.05, 3.63) is 36.2 Å². The van der Waals surface area contributed by atoms with Crippen LogP contribution in [-0.2, 0) is 11.2 Å². The van der Waals surface area contributed by atoms with Crippen LogP contribution in [0.4, 0.5) is 0 Å². The van der Waals surface area contributed by atoms with E-state index in [1.165, 1.54) is 5.39 Å². The Kier molecular flexibility index (Phi) is 3.62. The molecule has 4 nitrogen and oxygen atoms in total. The molecule has 0 spiro atoms. The molecule has 1 aliphatic heterocycles. The van der Waals surface area contributed by atoms with Crippen LogP contribution in [0.15, 0.2) is 30.5 Å². The Balaban J connectivity index is 1.92. The first-order valence-corrected chi connectivity index (χ1v) is 6.59. The van der Waals surface area contributed by atoms with E-state index in [9.17, 15) is 0 Å². The highest BCUT2D eigenvalue weighted by Crippen LogP contribution is 2.23. The van der Waals surface area contributed by atoms with Gasteiger partial charge < -0.3 is 14.8 Å². The minimum atomic E-state index is 0.345. The maximum Gasteiger partial charge on any atom is 0.119 e. The van der Waals surface area contributed by atoms with Crippen molar-refractivity contribution < 1.29 is 9.47 Å². The average Bonchev–Trinajstić information content (AvgIpc) is 2.48. The van der Waals surface area contributed by atoms with Crippen molar-refractivity contribution in [2.45, 2.75) is 12.5 Å². The molecule has 0 bridgehead atoms. The molecule has 3 rings (SSSR count). The van der Waals surface area contributed by atoms with Gasteiger partial charge in [0, 0.05) is 36.3 Å². The first kappa shape index (κ1) is 12.4. The van der Waals surface area contributed by atoms with Crippen molar-refractivity contribution >= 4 is 10.8 Å². The van der Waals surface area contributed by atoms with Gasteiger partial charge in [-0.15, -0.1) is 0 Å². The van der Waals surface area contributed by atoms with E-state index in [0.29, 0.717) is 6.04 Å². The minimum absolute atomic E-state index is 0.345. The van der Waals surface area contributed by atoms with E-state index in [0.717, 1.165) is 43.0 Å². The lowest BCUT2D eigenvalue weighted by molar-refractivity contribution is 0.0768. The van der Waals surface area contributed by atoms with E-state index >= 15 is 0 Å². The zero-order chi connectivity index (χ0) is 13.1. The number of morpholine rings is 1. The number of fused-ring (bicyclic) bond motifs is 1. The van der Waals surface area contributed by atoms with Crippen molar-refractivity contribution in [1.82, 2.24) is 10.3 Å². The number of aromatic nitrogens is 1. The summed E-state index contributed by atoms with van der Waals surface area (Å²) in [5.41, 5.74) is 1.10. The fourth-order valence-electron chi connectivity index (χ4n) is 2.48. The predicted octanol–water partition coefficient (Wildman–Crippen LogP) is 1.77. The van der Waals surface area contributed by atoms with Gasteiger partial charge in [-0.25, -0.2) is 0 Å². The zero-order valence-corrected chi connectivity index (χ0v) is 11.1. The molecule has 1 aliphatic rings. The van der Waals surface area contributed by atoms with Crippen LogP contribution in [0.3, 0.4) is 0 Å². The summed E-state index contributed by atoms with van der Waals surface area (Å²) in [5.74, 6) is 0.870. The Labute approximate surface area is 112 Å². The third-order valence-electron chi connectivity index (χ3n) is 3.49. The van der Waals surface area contributed by atoms with Gasteiger partial charge in [-0.05, 0) is 23.6 Å². The van der Waals surface area contributed by atoms with Crippen molar-refractivity contribution in [3.8, 4) is 5.75 Å². The SMILES string of the molecule is COc1ccc2ccnc(CC3COCCN3)c2c1. The third-order valence-corrected chi connectivity index (χ3v) is 3.49. The minimum Gasteiger partial charge on any atom is -0.497 e. The predicted molar refractivity (Wildman–Crippen MR) is 74.6 cm³/mol. The molecule has 0 aliphatic carbocycles. The number of pyridine rings is 1. The van der Waals surface area contributed by atoms with Gasteiger partial charge in [0.05, 0.1) is 20.3 Å². The van der Waals surface area contributed by atoms with Gasteiger partial charge in [0.2, 0.25) is 0 Å². The molecule has 0 saturated carbocycles. The highest BCUT2D eigenvalue weighted by molar-refractivity contribution is 5.85. The number of rotatable bonds is 3. The number of nitrogens with zero attached hydrogens (tertiary/aromatic N) is 1. The van der Waals surface area contributed by atoms with Crippen LogP contribution in [-0.4, -0.2) is 37.9 Å². The molecule has 4 heteroatoms. The molecular weight excluding hydrogens is 240 g/mol. The molecule has 2 heterocycles. The fourth-order valence-corrected chi connectivity index (χ4v) is 2.48. The number of benzene rings is 1. The number of hydrogen-bond acceptors (Lipinski definition) is 4. The van der Waals surface area contributed by atoms with Gasteiger partial charge in [-0.2, -0.15) is 0 Å². The first-order valence-electron chi connectivity index (χ1n) is 6.59. The topological polar surface area (TPSA) is 43.4 Å². The second-order valence-corrected chi connectivity index (χ2v) is 4.77. The van der Waals surface area contributed by atoms with Crippen LogP contribution in [0, 0.1) is 0 Å². The third kappa shape index (κ3) is 2.69. The van der Waals surface area contributed by atoms with E-state index < -0.39 is 0 Å². The number of hydrogen-bond donors (Lipinski definition) is 1. The molecule has 19 heavy (non-hydrogen) atoms. The summed E-state index contributed by atoms with van der Waals surface area (Å²) in [7, 11) is 1.69.